The molecular formula is C61H108O6. The van der Waals surface area contributed by atoms with Crippen molar-refractivity contribution >= 4 is 17.9 Å². The summed E-state index contributed by atoms with van der Waals surface area (Å²) in [4.78, 5) is 38.1. The Balaban J connectivity index is 4.38. The van der Waals surface area contributed by atoms with Crippen LogP contribution >= 0.6 is 0 Å². The van der Waals surface area contributed by atoms with E-state index in [0.29, 0.717) is 19.3 Å². The zero-order valence-electron chi connectivity index (χ0n) is 44.4. The van der Waals surface area contributed by atoms with E-state index in [1.54, 1.807) is 0 Å². The van der Waals surface area contributed by atoms with E-state index in [-0.39, 0.29) is 31.1 Å². The van der Waals surface area contributed by atoms with Crippen molar-refractivity contribution in [2.24, 2.45) is 0 Å². The van der Waals surface area contributed by atoms with Crippen LogP contribution in [-0.2, 0) is 28.6 Å². The zero-order chi connectivity index (χ0) is 48.6. The van der Waals surface area contributed by atoms with Gasteiger partial charge in [0.2, 0.25) is 0 Å². The van der Waals surface area contributed by atoms with Crippen LogP contribution in [0.25, 0.3) is 0 Å². The summed E-state index contributed by atoms with van der Waals surface area (Å²) in [6.45, 7) is 6.60. The SMILES string of the molecule is CCCCC/C=C\C/C=C\CCCCCCCC(=O)OC(COC(=O)CCCCCCCC/C=C\C/C=C\C/C=C\CCCCCCC)COC(=O)CCCCCCCCCCCCCCC. The number of hydrogen-bond donors (Lipinski definition) is 0. The highest BCUT2D eigenvalue weighted by molar-refractivity contribution is 5.71. The fraction of sp³-hybridized carbons (Fsp3) is 0.787. The molecular weight excluding hydrogens is 829 g/mol. The van der Waals surface area contributed by atoms with Crippen LogP contribution < -0.4 is 0 Å². The lowest BCUT2D eigenvalue weighted by Crippen LogP contribution is -2.30. The van der Waals surface area contributed by atoms with E-state index in [2.05, 4.69) is 81.5 Å². The second kappa shape index (κ2) is 55.7. The summed E-state index contributed by atoms with van der Waals surface area (Å²) in [6, 6.07) is 0. The van der Waals surface area contributed by atoms with Crippen LogP contribution in [0.4, 0.5) is 0 Å². The van der Waals surface area contributed by atoms with Gasteiger partial charge in [-0.25, -0.2) is 0 Å². The van der Waals surface area contributed by atoms with Crippen molar-refractivity contribution in [2.75, 3.05) is 13.2 Å². The molecule has 1 unspecified atom stereocenters. The van der Waals surface area contributed by atoms with Crippen LogP contribution in [0.5, 0.6) is 0 Å². The Labute approximate surface area is 415 Å². The summed E-state index contributed by atoms with van der Waals surface area (Å²) in [5.74, 6) is -0.899. The van der Waals surface area contributed by atoms with Crippen LogP contribution in [-0.4, -0.2) is 37.2 Å². The second-order valence-corrected chi connectivity index (χ2v) is 19.2. The van der Waals surface area contributed by atoms with Crippen molar-refractivity contribution in [3.05, 3.63) is 60.8 Å². The predicted molar refractivity (Wildman–Crippen MR) is 288 cm³/mol. The van der Waals surface area contributed by atoms with Crippen LogP contribution in [0.3, 0.4) is 0 Å². The minimum Gasteiger partial charge on any atom is -0.462 e. The van der Waals surface area contributed by atoms with E-state index >= 15 is 0 Å². The molecule has 0 amide bonds. The van der Waals surface area contributed by atoms with E-state index in [1.165, 1.54) is 148 Å². The molecule has 0 N–H and O–H groups in total. The lowest BCUT2D eigenvalue weighted by molar-refractivity contribution is -0.167. The number of allylic oxidation sites excluding steroid dienone is 10. The third kappa shape index (κ3) is 53.9. The third-order valence-corrected chi connectivity index (χ3v) is 12.5. The molecule has 0 bridgehead atoms. The molecule has 0 fully saturated rings. The summed E-state index contributed by atoms with van der Waals surface area (Å²) >= 11 is 0. The molecule has 0 saturated heterocycles. The first-order valence-corrected chi connectivity index (χ1v) is 28.8. The molecule has 0 spiro atoms. The van der Waals surface area contributed by atoms with Gasteiger partial charge in [0.25, 0.3) is 0 Å². The zero-order valence-corrected chi connectivity index (χ0v) is 44.4. The van der Waals surface area contributed by atoms with Gasteiger partial charge in [-0.15, -0.1) is 0 Å². The maximum atomic E-state index is 12.8. The van der Waals surface area contributed by atoms with Crippen molar-refractivity contribution in [2.45, 2.75) is 297 Å². The van der Waals surface area contributed by atoms with Crippen LogP contribution in [0.1, 0.15) is 290 Å². The normalized spacial score (nSPS) is 12.5. The second-order valence-electron chi connectivity index (χ2n) is 19.2. The molecule has 0 aromatic carbocycles. The molecule has 0 aromatic rings. The quantitative estimate of drug-likeness (QED) is 0.0262. The molecule has 67 heavy (non-hydrogen) atoms. The van der Waals surface area contributed by atoms with E-state index in [4.69, 9.17) is 14.2 Å². The van der Waals surface area contributed by atoms with Gasteiger partial charge >= 0.3 is 17.9 Å². The molecule has 0 aliphatic carbocycles. The molecule has 0 aliphatic rings. The van der Waals surface area contributed by atoms with Crippen LogP contribution in [0.2, 0.25) is 0 Å². The maximum Gasteiger partial charge on any atom is 0.306 e. The average Bonchev–Trinajstić information content (AvgIpc) is 3.33. The number of ether oxygens (including phenoxy) is 3. The maximum absolute atomic E-state index is 12.8. The molecule has 0 aromatic heterocycles. The summed E-state index contributed by atoms with van der Waals surface area (Å²) in [5.41, 5.74) is 0. The highest BCUT2D eigenvalue weighted by atomic mass is 16.6. The Morgan fingerprint density at radius 2 is 0.537 bits per heavy atom. The van der Waals surface area contributed by atoms with E-state index in [9.17, 15) is 14.4 Å². The molecule has 1 atom stereocenters. The number of hydrogen-bond acceptors (Lipinski definition) is 6. The lowest BCUT2D eigenvalue weighted by atomic mass is 10.0. The lowest BCUT2D eigenvalue weighted by Gasteiger charge is -2.18. The van der Waals surface area contributed by atoms with E-state index < -0.39 is 6.10 Å². The molecule has 388 valence electrons. The molecule has 6 heteroatoms. The van der Waals surface area contributed by atoms with Gasteiger partial charge in [0.05, 0.1) is 0 Å². The molecule has 0 saturated carbocycles. The number of esters is 3. The van der Waals surface area contributed by atoms with Gasteiger partial charge in [0, 0.05) is 19.3 Å². The van der Waals surface area contributed by atoms with Gasteiger partial charge in [0.1, 0.15) is 13.2 Å². The minimum absolute atomic E-state index is 0.0820. The molecule has 0 radical (unpaired) electrons. The molecule has 0 aliphatic heterocycles. The Kier molecular flexibility index (Phi) is 53.3. The van der Waals surface area contributed by atoms with Crippen LogP contribution in [0.15, 0.2) is 60.8 Å². The Morgan fingerprint density at radius 1 is 0.299 bits per heavy atom. The van der Waals surface area contributed by atoms with Gasteiger partial charge in [0.15, 0.2) is 6.10 Å². The largest absolute Gasteiger partial charge is 0.462 e. The predicted octanol–water partition coefficient (Wildman–Crippen LogP) is 19.2. The summed E-state index contributed by atoms with van der Waals surface area (Å²) in [5, 5.41) is 0. The van der Waals surface area contributed by atoms with Crippen molar-refractivity contribution in [3.63, 3.8) is 0 Å². The first-order chi connectivity index (χ1) is 33.0. The average molecular weight is 938 g/mol. The van der Waals surface area contributed by atoms with Crippen molar-refractivity contribution in [1.82, 2.24) is 0 Å². The van der Waals surface area contributed by atoms with Gasteiger partial charge in [-0.1, -0.05) is 242 Å². The van der Waals surface area contributed by atoms with Crippen LogP contribution in [0, 0.1) is 0 Å². The van der Waals surface area contributed by atoms with E-state index in [1.807, 2.05) is 0 Å². The first-order valence-electron chi connectivity index (χ1n) is 28.8. The number of rotatable bonds is 52. The Hall–Kier alpha value is -2.89. The highest BCUT2D eigenvalue weighted by Crippen LogP contribution is 2.15. The van der Waals surface area contributed by atoms with E-state index in [0.717, 1.165) is 103 Å². The summed E-state index contributed by atoms with van der Waals surface area (Å²) in [6.07, 6.45) is 69.2. The Bertz CT molecular complexity index is 1210. The summed E-state index contributed by atoms with van der Waals surface area (Å²) in [7, 11) is 0. The highest BCUT2D eigenvalue weighted by Gasteiger charge is 2.19. The van der Waals surface area contributed by atoms with Gasteiger partial charge < -0.3 is 14.2 Å². The number of carbonyl (C=O) groups excluding carboxylic acids is 3. The Morgan fingerprint density at radius 3 is 0.866 bits per heavy atom. The fourth-order valence-corrected chi connectivity index (χ4v) is 8.13. The molecule has 0 heterocycles. The standard InChI is InChI=1S/C61H108O6/c1-4-7-10-13-16-19-22-25-27-28-29-30-31-32-34-36-39-42-45-48-51-54-60(63)66-57-58(56-65-59(62)53-50-47-44-41-38-35-24-21-18-15-12-9-6-3)67-61(64)55-52-49-46-43-40-37-33-26-23-20-17-14-11-8-5-2/h17,20,22,25-26,28-29,31-33,58H,4-16,18-19,21,23-24,27,30,34-57H2,1-3H3/b20-17-,25-22-,29-28-,32-31-,33-26-. The smallest absolute Gasteiger partial charge is 0.306 e. The van der Waals surface area contributed by atoms with Crippen molar-refractivity contribution < 1.29 is 28.6 Å². The monoisotopic (exact) mass is 937 g/mol. The van der Waals surface area contributed by atoms with Crippen molar-refractivity contribution in [1.29, 1.82) is 0 Å². The fourth-order valence-electron chi connectivity index (χ4n) is 8.13. The number of unbranched alkanes of at least 4 members (excludes halogenated alkanes) is 31. The molecule has 0 rings (SSSR count). The van der Waals surface area contributed by atoms with Gasteiger partial charge in [-0.2, -0.15) is 0 Å². The number of carbonyl (C=O) groups is 3. The van der Waals surface area contributed by atoms with Gasteiger partial charge in [-0.3, -0.25) is 14.4 Å². The summed E-state index contributed by atoms with van der Waals surface area (Å²) < 4.78 is 16.8. The van der Waals surface area contributed by atoms with Gasteiger partial charge in [-0.05, 0) is 89.9 Å². The molecule has 6 nitrogen and oxygen atoms in total. The first kappa shape index (κ1) is 64.1. The third-order valence-electron chi connectivity index (χ3n) is 12.5. The topological polar surface area (TPSA) is 78.9 Å². The minimum atomic E-state index is -0.785. The van der Waals surface area contributed by atoms with Crippen molar-refractivity contribution in [3.8, 4) is 0 Å².